The maximum Gasteiger partial charge on any atom is 0.0558 e. The Morgan fingerprint density at radius 1 is 1.42 bits per heavy atom. The van der Waals surface area contributed by atoms with Crippen LogP contribution in [0.3, 0.4) is 0 Å². The van der Waals surface area contributed by atoms with Crippen molar-refractivity contribution in [1.82, 2.24) is 0 Å². The predicted molar refractivity (Wildman–Crippen MR) is 50.8 cm³/mol. The van der Waals surface area contributed by atoms with E-state index < -0.39 is 0 Å². The van der Waals surface area contributed by atoms with E-state index in [9.17, 15) is 0 Å². The molecule has 2 atom stereocenters. The Kier molecular flexibility index (Phi) is 3.62. The number of hydrogen-bond acceptors (Lipinski definition) is 1. The summed E-state index contributed by atoms with van der Waals surface area (Å²) in [7, 11) is 0. The molecule has 68 valence electrons. The van der Waals surface area contributed by atoms with E-state index in [1.807, 2.05) is 0 Å². The molecule has 0 aromatic heterocycles. The molecule has 1 nitrogen and oxygen atoms in total. The van der Waals surface area contributed by atoms with Crippen LogP contribution in [0, 0.1) is 23.7 Å². The number of ether oxygens (including phenoxy) is 1. The van der Waals surface area contributed by atoms with Crippen molar-refractivity contribution in [2.45, 2.75) is 39.7 Å². The molecule has 1 saturated heterocycles. The second-order valence-corrected chi connectivity index (χ2v) is 3.85. The Bertz CT molecular complexity index is 185. The third kappa shape index (κ3) is 3.28. The molecule has 0 aromatic rings. The van der Waals surface area contributed by atoms with Crippen LogP contribution in [-0.2, 0) is 4.74 Å². The molecule has 0 bridgehead atoms. The van der Waals surface area contributed by atoms with Gasteiger partial charge in [-0.3, -0.25) is 0 Å². The molecule has 0 spiro atoms. The zero-order valence-electron chi connectivity index (χ0n) is 8.26. The van der Waals surface area contributed by atoms with Crippen LogP contribution in [0.4, 0.5) is 0 Å². The Balaban J connectivity index is 2.38. The first-order valence-corrected chi connectivity index (χ1v) is 4.81. The normalized spacial score (nSPS) is 29.7. The highest BCUT2D eigenvalue weighted by molar-refractivity contribution is 5.06. The van der Waals surface area contributed by atoms with Gasteiger partial charge >= 0.3 is 0 Å². The van der Waals surface area contributed by atoms with Crippen molar-refractivity contribution >= 4 is 0 Å². The second-order valence-electron chi connectivity index (χ2n) is 3.85. The minimum Gasteiger partial charge on any atom is -0.378 e. The van der Waals surface area contributed by atoms with E-state index in [-0.39, 0.29) is 0 Å². The van der Waals surface area contributed by atoms with Crippen LogP contribution < -0.4 is 0 Å². The minimum absolute atomic E-state index is 0.408. The first-order valence-electron chi connectivity index (χ1n) is 4.81. The quantitative estimate of drug-likeness (QED) is 0.502. The highest BCUT2D eigenvalue weighted by atomic mass is 16.5. The first kappa shape index (κ1) is 9.61. The lowest BCUT2D eigenvalue weighted by atomic mass is 9.96. The van der Waals surface area contributed by atoms with Crippen LogP contribution in [0.1, 0.15) is 33.6 Å². The van der Waals surface area contributed by atoms with Gasteiger partial charge in [0.05, 0.1) is 6.10 Å². The molecule has 0 amide bonds. The van der Waals surface area contributed by atoms with E-state index in [0.717, 1.165) is 19.4 Å². The minimum atomic E-state index is 0.408. The van der Waals surface area contributed by atoms with Gasteiger partial charge < -0.3 is 4.74 Å². The van der Waals surface area contributed by atoms with Crippen molar-refractivity contribution < 1.29 is 4.74 Å². The Morgan fingerprint density at radius 2 is 2.17 bits per heavy atom. The van der Waals surface area contributed by atoms with Crippen LogP contribution in [0.5, 0.6) is 0 Å². The topological polar surface area (TPSA) is 9.23 Å². The lowest BCUT2D eigenvalue weighted by Gasteiger charge is -2.23. The summed E-state index contributed by atoms with van der Waals surface area (Å²) < 4.78 is 5.45. The third-order valence-corrected chi connectivity index (χ3v) is 2.06. The molecule has 0 radical (unpaired) electrons. The van der Waals surface area contributed by atoms with Crippen molar-refractivity contribution in [3.05, 3.63) is 0 Å². The molecule has 0 aromatic carbocycles. The monoisotopic (exact) mass is 166 g/mol. The smallest absolute Gasteiger partial charge is 0.0558 e. The molecular weight excluding hydrogens is 148 g/mol. The van der Waals surface area contributed by atoms with E-state index >= 15 is 0 Å². The molecule has 0 aliphatic carbocycles. The van der Waals surface area contributed by atoms with Gasteiger partial charge in [0.15, 0.2) is 0 Å². The standard InChI is InChI=1S/C11H18O/c1-9(2)4-5-11-6-7-12-10(3)8-11/h9-11H,6-8H2,1-3H3/t10-,11+/m0/s1. The van der Waals surface area contributed by atoms with Gasteiger partial charge in [0, 0.05) is 18.4 Å². The fraction of sp³-hybridized carbons (Fsp3) is 0.818. The molecule has 12 heavy (non-hydrogen) atoms. The van der Waals surface area contributed by atoms with Crippen molar-refractivity contribution in [3.8, 4) is 11.8 Å². The molecule has 0 saturated carbocycles. The van der Waals surface area contributed by atoms with E-state index in [0.29, 0.717) is 17.9 Å². The number of rotatable bonds is 0. The third-order valence-electron chi connectivity index (χ3n) is 2.06. The summed E-state index contributed by atoms with van der Waals surface area (Å²) in [5, 5.41) is 0. The zero-order chi connectivity index (χ0) is 8.97. The summed E-state index contributed by atoms with van der Waals surface area (Å²) in [6.07, 6.45) is 2.63. The number of hydrogen-bond donors (Lipinski definition) is 0. The van der Waals surface area contributed by atoms with Crippen molar-refractivity contribution in [3.63, 3.8) is 0 Å². The van der Waals surface area contributed by atoms with Gasteiger partial charge in [-0.05, 0) is 19.8 Å². The van der Waals surface area contributed by atoms with Crippen LogP contribution in [0.15, 0.2) is 0 Å². The molecule has 1 aliphatic rings. The van der Waals surface area contributed by atoms with Crippen molar-refractivity contribution in [2.75, 3.05) is 6.61 Å². The molecular formula is C11H18O. The van der Waals surface area contributed by atoms with Gasteiger partial charge in [-0.15, -0.1) is 5.92 Å². The fourth-order valence-corrected chi connectivity index (χ4v) is 1.41. The zero-order valence-corrected chi connectivity index (χ0v) is 8.26. The molecule has 1 heteroatoms. The molecule has 0 N–H and O–H groups in total. The molecule has 0 unspecified atom stereocenters. The first-order chi connectivity index (χ1) is 5.68. The van der Waals surface area contributed by atoms with Gasteiger partial charge in [-0.1, -0.05) is 19.8 Å². The average molecular weight is 166 g/mol. The van der Waals surface area contributed by atoms with Crippen LogP contribution in [0.25, 0.3) is 0 Å². The summed E-state index contributed by atoms with van der Waals surface area (Å²) in [5.41, 5.74) is 0. The fourth-order valence-electron chi connectivity index (χ4n) is 1.41. The second kappa shape index (κ2) is 4.52. The highest BCUT2D eigenvalue weighted by Gasteiger charge is 2.16. The van der Waals surface area contributed by atoms with E-state index in [4.69, 9.17) is 4.74 Å². The van der Waals surface area contributed by atoms with E-state index in [1.165, 1.54) is 0 Å². The highest BCUT2D eigenvalue weighted by Crippen LogP contribution is 2.18. The predicted octanol–water partition coefficient (Wildman–Crippen LogP) is 2.46. The summed E-state index contributed by atoms with van der Waals surface area (Å²) >= 11 is 0. The lowest BCUT2D eigenvalue weighted by Crippen LogP contribution is -2.22. The summed E-state index contributed by atoms with van der Waals surface area (Å²) in [6.45, 7) is 7.29. The maximum absolute atomic E-state index is 5.45. The summed E-state index contributed by atoms with van der Waals surface area (Å²) in [4.78, 5) is 0. The lowest BCUT2D eigenvalue weighted by molar-refractivity contribution is 0.0144. The Morgan fingerprint density at radius 3 is 2.75 bits per heavy atom. The van der Waals surface area contributed by atoms with E-state index in [1.54, 1.807) is 0 Å². The van der Waals surface area contributed by atoms with Crippen LogP contribution in [-0.4, -0.2) is 12.7 Å². The summed E-state index contributed by atoms with van der Waals surface area (Å²) in [5.74, 6) is 7.63. The Hall–Kier alpha value is -0.480. The van der Waals surface area contributed by atoms with Crippen LogP contribution >= 0.6 is 0 Å². The van der Waals surface area contributed by atoms with Gasteiger partial charge in [0.25, 0.3) is 0 Å². The van der Waals surface area contributed by atoms with Gasteiger partial charge in [0.2, 0.25) is 0 Å². The maximum atomic E-state index is 5.45. The van der Waals surface area contributed by atoms with Gasteiger partial charge in [-0.2, -0.15) is 0 Å². The average Bonchev–Trinajstić information content (AvgIpc) is 2.01. The molecule has 1 fully saturated rings. The summed E-state index contributed by atoms with van der Waals surface area (Å²) in [6, 6.07) is 0. The Labute approximate surface area is 75.5 Å². The van der Waals surface area contributed by atoms with Crippen molar-refractivity contribution in [1.29, 1.82) is 0 Å². The van der Waals surface area contributed by atoms with Gasteiger partial charge in [0.1, 0.15) is 0 Å². The SMILES string of the molecule is CC(C)C#C[C@@H]1CCO[C@@H](C)C1. The molecule has 1 rings (SSSR count). The molecule has 1 aliphatic heterocycles. The largest absolute Gasteiger partial charge is 0.378 e. The van der Waals surface area contributed by atoms with E-state index in [2.05, 4.69) is 32.6 Å². The van der Waals surface area contributed by atoms with Gasteiger partial charge in [-0.25, -0.2) is 0 Å². The van der Waals surface area contributed by atoms with Crippen LogP contribution in [0.2, 0.25) is 0 Å². The molecule has 1 heterocycles. The van der Waals surface area contributed by atoms with Crippen molar-refractivity contribution in [2.24, 2.45) is 11.8 Å².